The van der Waals surface area contributed by atoms with E-state index in [1.54, 1.807) is 18.3 Å². The SMILES string of the molecule is CCCNc1ccc(C(=O)N(CC#N)CC#N)nc1. The summed E-state index contributed by atoms with van der Waals surface area (Å²) in [5.74, 6) is -0.412. The van der Waals surface area contributed by atoms with Gasteiger partial charge in [0.15, 0.2) is 0 Å². The number of nitriles is 2. The van der Waals surface area contributed by atoms with E-state index >= 15 is 0 Å². The van der Waals surface area contributed by atoms with Crippen molar-refractivity contribution in [2.45, 2.75) is 13.3 Å². The van der Waals surface area contributed by atoms with Crippen molar-refractivity contribution in [2.24, 2.45) is 0 Å². The number of pyridine rings is 1. The molecule has 0 saturated heterocycles. The van der Waals surface area contributed by atoms with Crippen LogP contribution in [-0.2, 0) is 0 Å². The maximum absolute atomic E-state index is 12.0. The third-order valence-electron chi connectivity index (χ3n) is 2.37. The molecule has 1 rings (SSSR count). The van der Waals surface area contributed by atoms with Crippen molar-refractivity contribution in [1.82, 2.24) is 9.88 Å². The van der Waals surface area contributed by atoms with Gasteiger partial charge in [-0.3, -0.25) is 4.79 Å². The molecular weight excluding hydrogens is 242 g/mol. The molecule has 6 nitrogen and oxygen atoms in total. The van der Waals surface area contributed by atoms with Gasteiger partial charge in [-0.05, 0) is 18.6 Å². The fraction of sp³-hybridized carbons (Fsp3) is 0.385. The van der Waals surface area contributed by atoms with Crippen LogP contribution in [0, 0.1) is 22.7 Å². The van der Waals surface area contributed by atoms with Crippen molar-refractivity contribution in [3.63, 3.8) is 0 Å². The van der Waals surface area contributed by atoms with Crippen LogP contribution in [0.4, 0.5) is 5.69 Å². The Bertz CT molecular complexity index is 481. The first-order chi connectivity index (χ1) is 9.22. The zero-order valence-electron chi connectivity index (χ0n) is 10.8. The summed E-state index contributed by atoms with van der Waals surface area (Å²) in [5, 5.41) is 20.4. The van der Waals surface area contributed by atoms with Crippen LogP contribution in [-0.4, -0.2) is 35.4 Å². The summed E-state index contributed by atoms with van der Waals surface area (Å²) >= 11 is 0. The lowest BCUT2D eigenvalue weighted by Gasteiger charge is -2.15. The molecule has 0 aliphatic heterocycles. The predicted molar refractivity (Wildman–Crippen MR) is 70.1 cm³/mol. The van der Waals surface area contributed by atoms with Crippen LogP contribution in [0.1, 0.15) is 23.8 Å². The number of aromatic nitrogens is 1. The van der Waals surface area contributed by atoms with E-state index in [2.05, 4.69) is 17.2 Å². The molecule has 0 aromatic carbocycles. The van der Waals surface area contributed by atoms with Gasteiger partial charge >= 0.3 is 0 Å². The molecule has 0 radical (unpaired) electrons. The number of anilines is 1. The predicted octanol–water partition coefficient (Wildman–Crippen LogP) is 1.39. The first-order valence-electron chi connectivity index (χ1n) is 5.96. The smallest absolute Gasteiger partial charge is 0.274 e. The number of hydrogen-bond donors (Lipinski definition) is 1. The molecule has 6 heteroatoms. The Balaban J connectivity index is 2.76. The van der Waals surface area contributed by atoms with Crippen LogP contribution in [0.15, 0.2) is 18.3 Å². The van der Waals surface area contributed by atoms with Crippen molar-refractivity contribution in [1.29, 1.82) is 10.5 Å². The average molecular weight is 257 g/mol. The van der Waals surface area contributed by atoms with Gasteiger partial charge in [0.1, 0.15) is 18.8 Å². The number of rotatable bonds is 6. The van der Waals surface area contributed by atoms with E-state index in [-0.39, 0.29) is 18.8 Å². The van der Waals surface area contributed by atoms with E-state index in [9.17, 15) is 4.79 Å². The van der Waals surface area contributed by atoms with Gasteiger partial charge in [-0.2, -0.15) is 10.5 Å². The summed E-state index contributed by atoms with van der Waals surface area (Å²) in [5.41, 5.74) is 1.07. The van der Waals surface area contributed by atoms with E-state index in [4.69, 9.17) is 10.5 Å². The molecule has 19 heavy (non-hydrogen) atoms. The van der Waals surface area contributed by atoms with Crippen LogP contribution < -0.4 is 5.32 Å². The van der Waals surface area contributed by atoms with Gasteiger partial charge in [-0.25, -0.2) is 4.98 Å². The Hall–Kier alpha value is -2.60. The van der Waals surface area contributed by atoms with Gasteiger partial charge in [-0.1, -0.05) is 6.92 Å². The standard InChI is InChI=1S/C13H15N5O/c1-2-7-16-11-3-4-12(17-10-11)13(19)18(8-5-14)9-6-15/h3-4,10,16H,2,7-9H2,1H3. The van der Waals surface area contributed by atoms with Gasteiger partial charge in [0.25, 0.3) is 5.91 Å². The minimum absolute atomic E-state index is 0.121. The quantitative estimate of drug-likeness (QED) is 0.777. The average Bonchev–Trinajstić information content (AvgIpc) is 2.44. The summed E-state index contributed by atoms with van der Waals surface area (Å²) < 4.78 is 0. The molecule has 0 spiro atoms. The van der Waals surface area contributed by atoms with Gasteiger partial charge < -0.3 is 10.2 Å². The number of amides is 1. The Morgan fingerprint density at radius 3 is 2.53 bits per heavy atom. The summed E-state index contributed by atoms with van der Waals surface area (Å²) in [6.07, 6.45) is 2.57. The fourth-order valence-electron chi connectivity index (χ4n) is 1.43. The van der Waals surface area contributed by atoms with Gasteiger partial charge in [0.05, 0.1) is 24.0 Å². The molecule has 0 unspecified atom stereocenters. The lowest BCUT2D eigenvalue weighted by atomic mass is 10.3. The van der Waals surface area contributed by atoms with Crippen LogP contribution in [0.2, 0.25) is 0 Å². The van der Waals surface area contributed by atoms with Crippen molar-refractivity contribution in [3.05, 3.63) is 24.0 Å². The lowest BCUT2D eigenvalue weighted by Crippen LogP contribution is -2.32. The van der Waals surface area contributed by atoms with Crippen LogP contribution in [0.25, 0.3) is 0 Å². The fourth-order valence-corrected chi connectivity index (χ4v) is 1.43. The second-order valence-electron chi connectivity index (χ2n) is 3.84. The largest absolute Gasteiger partial charge is 0.384 e. The molecule has 0 bridgehead atoms. The summed E-state index contributed by atoms with van der Waals surface area (Å²) in [6.45, 7) is 2.65. The number of nitrogens with one attached hydrogen (secondary N) is 1. The van der Waals surface area contributed by atoms with E-state index < -0.39 is 5.91 Å². The van der Waals surface area contributed by atoms with Crippen LogP contribution >= 0.6 is 0 Å². The second kappa shape index (κ2) is 7.67. The third kappa shape index (κ3) is 4.29. The van der Waals surface area contributed by atoms with E-state index in [1.807, 2.05) is 12.1 Å². The highest BCUT2D eigenvalue weighted by Crippen LogP contribution is 2.08. The number of nitrogens with zero attached hydrogens (tertiary/aromatic N) is 4. The highest BCUT2D eigenvalue weighted by Gasteiger charge is 2.16. The van der Waals surface area contributed by atoms with Crippen molar-refractivity contribution < 1.29 is 4.79 Å². The molecule has 0 fully saturated rings. The third-order valence-corrected chi connectivity index (χ3v) is 2.37. The Kier molecular flexibility index (Phi) is 5.84. The Labute approximate surface area is 112 Å². The lowest BCUT2D eigenvalue weighted by molar-refractivity contribution is 0.0789. The summed E-state index contributed by atoms with van der Waals surface area (Å²) in [6, 6.07) is 7.05. The second-order valence-corrected chi connectivity index (χ2v) is 3.84. The molecular formula is C13H15N5O. The molecule has 0 atom stereocenters. The first kappa shape index (κ1) is 14.5. The zero-order chi connectivity index (χ0) is 14.1. The molecule has 98 valence electrons. The van der Waals surface area contributed by atoms with Gasteiger partial charge in [-0.15, -0.1) is 0 Å². The monoisotopic (exact) mass is 257 g/mol. The summed E-state index contributed by atoms with van der Waals surface area (Å²) in [4.78, 5) is 17.2. The molecule has 0 aliphatic carbocycles. The molecule has 1 aromatic heterocycles. The highest BCUT2D eigenvalue weighted by atomic mass is 16.2. The maximum Gasteiger partial charge on any atom is 0.274 e. The van der Waals surface area contributed by atoms with Crippen LogP contribution in [0.3, 0.4) is 0 Å². The minimum Gasteiger partial charge on any atom is -0.384 e. The van der Waals surface area contributed by atoms with Crippen molar-refractivity contribution in [2.75, 3.05) is 25.0 Å². The molecule has 1 N–H and O–H groups in total. The molecule has 0 saturated carbocycles. The number of hydrogen-bond acceptors (Lipinski definition) is 5. The van der Waals surface area contributed by atoms with Crippen LogP contribution in [0.5, 0.6) is 0 Å². The summed E-state index contributed by atoms with van der Waals surface area (Å²) in [7, 11) is 0. The van der Waals surface area contributed by atoms with Crippen molar-refractivity contribution in [3.8, 4) is 12.1 Å². The normalized spacial score (nSPS) is 9.21. The number of carbonyl (C=O) groups is 1. The van der Waals surface area contributed by atoms with E-state index in [1.165, 1.54) is 0 Å². The topological polar surface area (TPSA) is 92.8 Å². The van der Waals surface area contributed by atoms with E-state index in [0.29, 0.717) is 0 Å². The van der Waals surface area contributed by atoms with Crippen molar-refractivity contribution >= 4 is 11.6 Å². The molecule has 1 amide bonds. The van der Waals surface area contributed by atoms with E-state index in [0.717, 1.165) is 23.6 Å². The maximum atomic E-state index is 12.0. The van der Waals surface area contributed by atoms with Gasteiger partial charge in [0, 0.05) is 6.54 Å². The first-order valence-corrected chi connectivity index (χ1v) is 5.96. The molecule has 0 aliphatic rings. The van der Waals surface area contributed by atoms with Gasteiger partial charge in [0.2, 0.25) is 0 Å². The Morgan fingerprint density at radius 2 is 2.05 bits per heavy atom. The Morgan fingerprint density at radius 1 is 1.37 bits per heavy atom. The molecule has 1 aromatic rings. The number of carbonyl (C=O) groups excluding carboxylic acids is 1. The molecule has 1 heterocycles. The highest BCUT2D eigenvalue weighted by molar-refractivity contribution is 5.92. The minimum atomic E-state index is -0.412. The zero-order valence-corrected chi connectivity index (χ0v) is 10.8.